The van der Waals surface area contributed by atoms with E-state index in [0.717, 1.165) is 35.5 Å². The first-order valence-corrected chi connectivity index (χ1v) is 9.21. The molecule has 0 spiro atoms. The molecule has 3 aromatic heterocycles. The predicted molar refractivity (Wildman–Crippen MR) is 106 cm³/mol. The number of nitrogens with one attached hydrogen (secondary N) is 1. The monoisotopic (exact) mass is 381 g/mol. The van der Waals surface area contributed by atoms with Gasteiger partial charge in [0.15, 0.2) is 0 Å². The first-order valence-electron chi connectivity index (χ1n) is 9.21. The molecule has 0 unspecified atom stereocenters. The fourth-order valence-electron chi connectivity index (χ4n) is 3.49. The summed E-state index contributed by atoms with van der Waals surface area (Å²) in [5.74, 6) is 1.50. The molecule has 1 fully saturated rings. The summed E-state index contributed by atoms with van der Waals surface area (Å²) in [6.45, 7) is 2.27. The Morgan fingerprint density at radius 2 is 2.07 bits per heavy atom. The molecule has 28 heavy (non-hydrogen) atoms. The van der Waals surface area contributed by atoms with Crippen LogP contribution in [0.25, 0.3) is 5.82 Å². The fraction of sp³-hybridized carbons (Fsp3) is 0.368. The molecule has 1 saturated heterocycles. The Morgan fingerprint density at radius 3 is 2.79 bits per heavy atom. The highest BCUT2D eigenvalue weighted by molar-refractivity contribution is 5.40. The van der Waals surface area contributed by atoms with Crippen LogP contribution < -0.4 is 21.5 Å². The molecule has 0 bridgehead atoms. The van der Waals surface area contributed by atoms with Crippen molar-refractivity contribution in [3.63, 3.8) is 0 Å². The lowest BCUT2D eigenvalue weighted by Gasteiger charge is -2.21. The van der Waals surface area contributed by atoms with Gasteiger partial charge in [0.2, 0.25) is 0 Å². The van der Waals surface area contributed by atoms with Gasteiger partial charge in [0, 0.05) is 64.4 Å². The minimum atomic E-state index is -0.303. The highest BCUT2D eigenvalue weighted by atomic mass is 16.2. The first kappa shape index (κ1) is 18.2. The number of anilines is 1. The van der Waals surface area contributed by atoms with Crippen LogP contribution in [0.4, 0.5) is 5.82 Å². The van der Waals surface area contributed by atoms with Crippen LogP contribution in [-0.4, -0.2) is 42.8 Å². The van der Waals surface area contributed by atoms with E-state index in [1.807, 2.05) is 29.1 Å². The maximum absolute atomic E-state index is 12.1. The summed E-state index contributed by atoms with van der Waals surface area (Å²) in [5.41, 5.74) is 0.518. The third-order valence-corrected chi connectivity index (χ3v) is 5.19. The molecule has 1 atom stereocenters. The van der Waals surface area contributed by atoms with E-state index in [4.69, 9.17) is 0 Å². The summed E-state index contributed by atoms with van der Waals surface area (Å²) in [4.78, 5) is 34.7. The van der Waals surface area contributed by atoms with Gasteiger partial charge >= 0.3 is 5.69 Å². The minimum absolute atomic E-state index is 0.279. The lowest BCUT2D eigenvalue weighted by atomic mass is 10.2. The molecule has 4 rings (SSSR count). The Balaban J connectivity index is 1.38. The van der Waals surface area contributed by atoms with Gasteiger partial charge in [-0.05, 0) is 18.1 Å². The van der Waals surface area contributed by atoms with Crippen LogP contribution in [0.1, 0.15) is 12.0 Å². The van der Waals surface area contributed by atoms with Crippen LogP contribution in [0, 0.1) is 0 Å². The SMILES string of the molecule is Cn1c(N2CC[C@@H](NCc3ccc(-n4ccnc4)nc3)C2)cc(=O)n(C)c1=O. The zero-order valence-corrected chi connectivity index (χ0v) is 15.9. The van der Waals surface area contributed by atoms with Crippen molar-refractivity contribution in [3.05, 3.63) is 69.5 Å². The second kappa shape index (κ2) is 7.43. The Labute approximate surface area is 161 Å². The highest BCUT2D eigenvalue weighted by Crippen LogP contribution is 2.17. The Kier molecular flexibility index (Phi) is 4.82. The molecule has 9 heteroatoms. The summed E-state index contributed by atoms with van der Waals surface area (Å²) in [5, 5.41) is 3.54. The van der Waals surface area contributed by atoms with Crippen molar-refractivity contribution >= 4 is 5.82 Å². The van der Waals surface area contributed by atoms with Crippen LogP contribution >= 0.6 is 0 Å². The van der Waals surface area contributed by atoms with E-state index in [1.165, 1.54) is 17.7 Å². The molecule has 4 heterocycles. The van der Waals surface area contributed by atoms with Gasteiger partial charge in [0.25, 0.3) is 5.56 Å². The van der Waals surface area contributed by atoms with Gasteiger partial charge < -0.3 is 10.2 Å². The van der Waals surface area contributed by atoms with E-state index in [2.05, 4.69) is 20.2 Å². The molecular weight excluding hydrogens is 358 g/mol. The molecule has 0 saturated carbocycles. The molecule has 1 aliphatic rings. The van der Waals surface area contributed by atoms with E-state index in [1.54, 1.807) is 19.6 Å². The average Bonchev–Trinajstić information content (AvgIpc) is 3.40. The third kappa shape index (κ3) is 3.48. The van der Waals surface area contributed by atoms with Crippen molar-refractivity contribution in [2.24, 2.45) is 14.1 Å². The van der Waals surface area contributed by atoms with Gasteiger partial charge in [-0.15, -0.1) is 0 Å². The van der Waals surface area contributed by atoms with E-state index in [-0.39, 0.29) is 17.3 Å². The maximum Gasteiger partial charge on any atom is 0.332 e. The van der Waals surface area contributed by atoms with Crippen molar-refractivity contribution in [3.8, 4) is 5.82 Å². The van der Waals surface area contributed by atoms with Crippen LogP contribution in [0.3, 0.4) is 0 Å². The van der Waals surface area contributed by atoms with E-state index < -0.39 is 0 Å². The van der Waals surface area contributed by atoms with Crippen LogP contribution in [0.5, 0.6) is 0 Å². The van der Waals surface area contributed by atoms with Crippen LogP contribution in [0.15, 0.2) is 52.7 Å². The third-order valence-electron chi connectivity index (χ3n) is 5.19. The largest absolute Gasteiger partial charge is 0.356 e. The molecule has 0 amide bonds. The molecule has 9 nitrogen and oxygen atoms in total. The Bertz CT molecular complexity index is 1070. The van der Waals surface area contributed by atoms with Gasteiger partial charge in [-0.3, -0.25) is 18.5 Å². The highest BCUT2D eigenvalue weighted by Gasteiger charge is 2.24. The maximum atomic E-state index is 12.1. The number of nitrogens with zero attached hydrogens (tertiary/aromatic N) is 6. The van der Waals surface area contributed by atoms with E-state index in [0.29, 0.717) is 12.4 Å². The summed E-state index contributed by atoms with van der Waals surface area (Å²) >= 11 is 0. The number of aromatic nitrogens is 5. The fourth-order valence-corrected chi connectivity index (χ4v) is 3.49. The number of pyridine rings is 1. The standard InChI is InChI=1S/C19H23N7O2/c1-23-17(9-18(27)24(2)19(23)28)25-7-5-15(12-25)21-10-14-3-4-16(22-11-14)26-8-6-20-13-26/h3-4,6,8-9,11,13,15,21H,5,7,10,12H2,1-2H3/t15-/m1/s1. The summed E-state index contributed by atoms with van der Waals surface area (Å²) in [7, 11) is 3.19. The zero-order chi connectivity index (χ0) is 19.7. The molecule has 0 aromatic carbocycles. The van der Waals surface area contributed by atoms with Gasteiger partial charge in [-0.25, -0.2) is 14.8 Å². The average molecular weight is 381 g/mol. The summed E-state index contributed by atoms with van der Waals surface area (Å²) in [6, 6.07) is 5.83. The first-order chi connectivity index (χ1) is 13.5. The number of imidazole rings is 1. The number of rotatable bonds is 5. The molecule has 1 aliphatic heterocycles. The van der Waals surface area contributed by atoms with Gasteiger partial charge in [-0.2, -0.15) is 0 Å². The second-order valence-electron chi connectivity index (χ2n) is 7.05. The van der Waals surface area contributed by atoms with E-state index >= 15 is 0 Å². The van der Waals surface area contributed by atoms with Crippen molar-refractivity contribution in [2.45, 2.75) is 19.0 Å². The van der Waals surface area contributed by atoms with Crippen molar-refractivity contribution in [1.82, 2.24) is 29.0 Å². The normalized spacial score (nSPS) is 16.6. The molecule has 0 radical (unpaired) electrons. The predicted octanol–water partition coefficient (Wildman–Crippen LogP) is 0.0332. The molecule has 0 aliphatic carbocycles. The van der Waals surface area contributed by atoms with Gasteiger partial charge in [0.05, 0.1) is 0 Å². The quantitative estimate of drug-likeness (QED) is 0.671. The molecule has 1 N–H and O–H groups in total. The zero-order valence-electron chi connectivity index (χ0n) is 15.9. The van der Waals surface area contributed by atoms with Crippen molar-refractivity contribution < 1.29 is 0 Å². The van der Waals surface area contributed by atoms with E-state index in [9.17, 15) is 9.59 Å². The number of hydrogen-bond donors (Lipinski definition) is 1. The lowest BCUT2D eigenvalue weighted by Crippen LogP contribution is -2.40. The molecule has 146 valence electrons. The summed E-state index contributed by atoms with van der Waals surface area (Å²) in [6.07, 6.45) is 8.11. The Morgan fingerprint density at radius 1 is 1.21 bits per heavy atom. The smallest absolute Gasteiger partial charge is 0.332 e. The lowest BCUT2D eigenvalue weighted by molar-refractivity contribution is 0.549. The van der Waals surface area contributed by atoms with Crippen LogP contribution in [0.2, 0.25) is 0 Å². The Hall–Kier alpha value is -3.20. The van der Waals surface area contributed by atoms with Crippen LogP contribution in [-0.2, 0) is 20.6 Å². The summed E-state index contributed by atoms with van der Waals surface area (Å²) < 4.78 is 4.51. The topological polar surface area (TPSA) is 90.0 Å². The minimum Gasteiger partial charge on any atom is -0.356 e. The van der Waals surface area contributed by atoms with Crippen molar-refractivity contribution in [2.75, 3.05) is 18.0 Å². The van der Waals surface area contributed by atoms with Gasteiger partial charge in [0.1, 0.15) is 18.0 Å². The number of hydrogen-bond acceptors (Lipinski definition) is 6. The molecular formula is C19H23N7O2. The van der Waals surface area contributed by atoms with Gasteiger partial charge in [-0.1, -0.05) is 6.07 Å². The molecule has 3 aromatic rings. The van der Waals surface area contributed by atoms with Crippen molar-refractivity contribution in [1.29, 1.82) is 0 Å². The second-order valence-corrected chi connectivity index (χ2v) is 7.05.